The standard InChI is InChI=1S/C27H25Cl2N3O4S2/c1-15-24(30-16(2)25(15)27(34)32-8-10-37-11-9-32)13-19-18-12-17(6-7-23(18)31-26(19)33)38(35,36)14-20-21(28)4-3-5-22(20)29/h3-7,12-13,30H,8-11,14H2,1-2H3,(H,31,33)/b19-13-. The van der Waals surface area contributed by atoms with Crippen LogP contribution < -0.4 is 5.32 Å². The number of hydrogen-bond donors (Lipinski definition) is 2. The molecule has 0 saturated carbocycles. The minimum absolute atomic E-state index is 0.0240. The summed E-state index contributed by atoms with van der Waals surface area (Å²) < 4.78 is 26.6. The maximum absolute atomic E-state index is 13.3. The molecule has 2 amide bonds. The second-order valence-electron chi connectivity index (χ2n) is 9.25. The number of sulfone groups is 1. The Morgan fingerprint density at radius 3 is 2.47 bits per heavy atom. The summed E-state index contributed by atoms with van der Waals surface area (Å²) in [6.45, 7) is 5.10. The Kier molecular flexibility index (Phi) is 7.39. The normalized spacial score (nSPS) is 16.6. The van der Waals surface area contributed by atoms with Crippen molar-refractivity contribution in [1.82, 2.24) is 9.88 Å². The van der Waals surface area contributed by atoms with Crippen LogP contribution in [-0.2, 0) is 20.4 Å². The van der Waals surface area contributed by atoms with Gasteiger partial charge in [-0.2, -0.15) is 11.8 Å². The predicted octanol–water partition coefficient (Wildman–Crippen LogP) is 5.59. The number of amides is 2. The number of fused-ring (bicyclic) bond motifs is 1. The van der Waals surface area contributed by atoms with Crippen molar-refractivity contribution in [3.63, 3.8) is 0 Å². The van der Waals surface area contributed by atoms with Gasteiger partial charge in [0.1, 0.15) is 0 Å². The second kappa shape index (κ2) is 10.4. The Hall–Kier alpha value is -2.72. The Morgan fingerprint density at radius 1 is 1.11 bits per heavy atom. The fourth-order valence-corrected chi connectivity index (χ4v) is 7.78. The highest BCUT2D eigenvalue weighted by Crippen LogP contribution is 2.37. The first-order chi connectivity index (χ1) is 18.1. The van der Waals surface area contributed by atoms with Gasteiger partial charge in [0.25, 0.3) is 11.8 Å². The van der Waals surface area contributed by atoms with E-state index in [1.54, 1.807) is 30.3 Å². The topological polar surface area (TPSA) is 99.3 Å². The van der Waals surface area contributed by atoms with Gasteiger partial charge in [-0.05, 0) is 55.8 Å². The fourth-order valence-electron chi connectivity index (χ4n) is 4.76. The molecular weight excluding hydrogens is 565 g/mol. The molecule has 3 aromatic rings. The third-order valence-electron chi connectivity index (χ3n) is 6.81. The summed E-state index contributed by atoms with van der Waals surface area (Å²) in [7, 11) is -3.82. The van der Waals surface area contributed by atoms with Gasteiger partial charge in [-0.15, -0.1) is 0 Å². The van der Waals surface area contributed by atoms with E-state index in [1.165, 1.54) is 12.1 Å². The lowest BCUT2D eigenvalue weighted by Crippen LogP contribution is -2.38. The molecule has 7 nitrogen and oxygen atoms in total. The van der Waals surface area contributed by atoms with E-state index in [-0.39, 0.29) is 32.5 Å². The Bertz CT molecular complexity index is 1590. The number of halogens is 2. The van der Waals surface area contributed by atoms with E-state index in [9.17, 15) is 18.0 Å². The molecule has 38 heavy (non-hydrogen) atoms. The van der Waals surface area contributed by atoms with Crippen LogP contribution in [0, 0.1) is 13.8 Å². The summed E-state index contributed by atoms with van der Waals surface area (Å²) in [5.41, 5.74) is 4.32. The van der Waals surface area contributed by atoms with Crippen LogP contribution in [0.5, 0.6) is 0 Å². The molecule has 2 N–H and O–H groups in total. The first-order valence-electron chi connectivity index (χ1n) is 12.0. The molecule has 198 valence electrons. The minimum Gasteiger partial charge on any atom is -0.358 e. The molecule has 2 aromatic carbocycles. The van der Waals surface area contributed by atoms with Crippen molar-refractivity contribution < 1.29 is 18.0 Å². The van der Waals surface area contributed by atoms with E-state index >= 15 is 0 Å². The van der Waals surface area contributed by atoms with Crippen LogP contribution in [0.25, 0.3) is 11.6 Å². The summed E-state index contributed by atoms with van der Waals surface area (Å²) in [6, 6.07) is 9.36. The number of H-pyrrole nitrogens is 1. The fraction of sp³-hybridized carbons (Fsp3) is 0.259. The number of nitrogens with one attached hydrogen (secondary N) is 2. The van der Waals surface area contributed by atoms with Gasteiger partial charge >= 0.3 is 0 Å². The van der Waals surface area contributed by atoms with Gasteiger partial charge in [-0.25, -0.2) is 8.42 Å². The number of benzene rings is 2. The van der Waals surface area contributed by atoms with Gasteiger partial charge in [-0.1, -0.05) is 29.3 Å². The molecular formula is C27H25Cl2N3O4S2. The number of aromatic amines is 1. The Balaban J connectivity index is 1.50. The molecule has 0 unspecified atom stereocenters. The lowest BCUT2D eigenvalue weighted by atomic mass is 10.0. The number of hydrogen-bond acceptors (Lipinski definition) is 5. The highest BCUT2D eigenvalue weighted by Gasteiger charge is 2.29. The molecule has 3 heterocycles. The van der Waals surface area contributed by atoms with Crippen LogP contribution in [0.4, 0.5) is 5.69 Å². The lowest BCUT2D eigenvalue weighted by Gasteiger charge is -2.26. The van der Waals surface area contributed by atoms with Crippen molar-refractivity contribution >= 4 is 74.0 Å². The largest absolute Gasteiger partial charge is 0.358 e. The maximum atomic E-state index is 13.3. The van der Waals surface area contributed by atoms with E-state index in [1.807, 2.05) is 30.5 Å². The van der Waals surface area contributed by atoms with E-state index in [0.717, 1.165) is 22.8 Å². The van der Waals surface area contributed by atoms with Crippen LogP contribution in [0.1, 0.15) is 38.4 Å². The third-order valence-corrected chi connectivity index (χ3v) is 10.1. The van der Waals surface area contributed by atoms with E-state index in [4.69, 9.17) is 23.2 Å². The zero-order chi connectivity index (χ0) is 27.2. The average Bonchev–Trinajstić information content (AvgIpc) is 3.35. The van der Waals surface area contributed by atoms with Crippen molar-refractivity contribution in [3.8, 4) is 0 Å². The number of thioether (sulfide) groups is 1. The molecule has 1 aromatic heterocycles. The molecule has 1 fully saturated rings. The van der Waals surface area contributed by atoms with Gasteiger partial charge < -0.3 is 15.2 Å². The Labute approximate surface area is 235 Å². The van der Waals surface area contributed by atoms with Crippen LogP contribution in [-0.4, -0.2) is 54.7 Å². The summed E-state index contributed by atoms with van der Waals surface area (Å²) in [4.78, 5) is 31.3. The zero-order valence-electron chi connectivity index (χ0n) is 20.7. The number of aromatic nitrogens is 1. The monoisotopic (exact) mass is 589 g/mol. The SMILES string of the molecule is Cc1[nH]c(/C=C2\C(=O)Nc3ccc(S(=O)(=O)Cc4c(Cl)cccc4Cl)cc32)c(C)c1C(=O)N1CCSCC1. The highest BCUT2D eigenvalue weighted by molar-refractivity contribution is 7.99. The number of aryl methyl sites for hydroxylation is 1. The van der Waals surface area contributed by atoms with Gasteiger partial charge in [0.15, 0.2) is 9.84 Å². The van der Waals surface area contributed by atoms with Crippen LogP contribution in [0.2, 0.25) is 10.0 Å². The van der Waals surface area contributed by atoms with Crippen molar-refractivity contribution in [2.24, 2.45) is 0 Å². The number of carbonyl (C=O) groups excluding carboxylic acids is 2. The summed E-state index contributed by atoms with van der Waals surface area (Å²) in [6.07, 6.45) is 1.67. The molecule has 2 aliphatic heterocycles. The van der Waals surface area contributed by atoms with Crippen molar-refractivity contribution in [3.05, 3.63) is 80.1 Å². The zero-order valence-corrected chi connectivity index (χ0v) is 23.9. The van der Waals surface area contributed by atoms with Crippen molar-refractivity contribution in [2.45, 2.75) is 24.5 Å². The molecule has 0 radical (unpaired) electrons. The molecule has 11 heteroatoms. The first kappa shape index (κ1) is 26.9. The number of nitrogens with zero attached hydrogens (tertiary/aromatic N) is 1. The maximum Gasteiger partial charge on any atom is 0.256 e. The van der Waals surface area contributed by atoms with Crippen LogP contribution in [0.3, 0.4) is 0 Å². The average molecular weight is 591 g/mol. The summed E-state index contributed by atoms with van der Waals surface area (Å²) in [5, 5.41) is 3.33. The van der Waals surface area contributed by atoms with Crippen molar-refractivity contribution in [2.75, 3.05) is 29.9 Å². The molecule has 2 aliphatic rings. The van der Waals surface area contributed by atoms with Crippen LogP contribution in [0.15, 0.2) is 41.3 Å². The Morgan fingerprint density at radius 2 is 1.79 bits per heavy atom. The number of anilines is 1. The molecule has 1 saturated heterocycles. The minimum atomic E-state index is -3.82. The molecule has 0 atom stereocenters. The summed E-state index contributed by atoms with van der Waals surface area (Å²) >= 11 is 14.2. The lowest BCUT2D eigenvalue weighted by molar-refractivity contribution is -0.110. The quantitative estimate of drug-likeness (QED) is 0.378. The molecule has 0 aliphatic carbocycles. The van der Waals surface area contributed by atoms with E-state index < -0.39 is 9.84 Å². The van der Waals surface area contributed by atoms with E-state index in [0.29, 0.717) is 46.7 Å². The third kappa shape index (κ3) is 5.00. The van der Waals surface area contributed by atoms with Gasteiger partial charge in [0, 0.05) is 62.8 Å². The molecule has 5 rings (SSSR count). The summed E-state index contributed by atoms with van der Waals surface area (Å²) in [5.74, 6) is 1.08. The van der Waals surface area contributed by atoms with Gasteiger partial charge in [0.2, 0.25) is 0 Å². The number of rotatable bonds is 5. The first-order valence-corrected chi connectivity index (χ1v) is 15.5. The molecule has 0 bridgehead atoms. The van der Waals surface area contributed by atoms with Crippen LogP contribution >= 0.6 is 35.0 Å². The number of carbonyl (C=O) groups is 2. The van der Waals surface area contributed by atoms with Gasteiger partial charge in [-0.3, -0.25) is 9.59 Å². The highest BCUT2D eigenvalue weighted by atomic mass is 35.5. The van der Waals surface area contributed by atoms with Gasteiger partial charge in [0.05, 0.1) is 21.8 Å². The van der Waals surface area contributed by atoms with E-state index in [2.05, 4.69) is 10.3 Å². The predicted molar refractivity (Wildman–Crippen MR) is 154 cm³/mol. The second-order valence-corrected chi connectivity index (χ2v) is 13.3. The van der Waals surface area contributed by atoms with Crippen molar-refractivity contribution in [1.29, 1.82) is 0 Å². The smallest absolute Gasteiger partial charge is 0.256 e. The molecule has 0 spiro atoms.